The van der Waals surface area contributed by atoms with Crippen molar-refractivity contribution in [1.82, 2.24) is 0 Å². The second-order valence-electron chi connectivity index (χ2n) is 6.04. The average molecular weight is 297 g/mol. The Labute approximate surface area is 116 Å². The van der Waals surface area contributed by atoms with Crippen LogP contribution in [0.1, 0.15) is 58.8 Å². The molecule has 0 amide bonds. The summed E-state index contributed by atoms with van der Waals surface area (Å²) in [6.45, 7) is 5.37. The van der Waals surface area contributed by atoms with Gasteiger partial charge in [-0.15, -0.1) is 0 Å². The van der Waals surface area contributed by atoms with Gasteiger partial charge in [-0.25, -0.2) is 8.42 Å². The smallest absolute Gasteiger partial charge is 0.232 e. The van der Waals surface area contributed by atoms with Crippen molar-refractivity contribution in [3.63, 3.8) is 0 Å². The van der Waals surface area contributed by atoms with Gasteiger partial charge in [0.25, 0.3) is 0 Å². The minimum atomic E-state index is -3.31. The lowest BCUT2D eigenvalue weighted by Gasteiger charge is -2.34. The molecule has 1 rings (SSSR count). The van der Waals surface area contributed by atoms with Crippen LogP contribution in [0.5, 0.6) is 0 Å². The molecule has 1 aliphatic carbocycles. The topological polar surface area (TPSA) is 43.4 Å². The molecule has 5 heteroatoms. The molecule has 0 bridgehead atoms. The molecule has 3 nitrogen and oxygen atoms in total. The van der Waals surface area contributed by atoms with Gasteiger partial charge < -0.3 is 4.74 Å². The lowest BCUT2D eigenvalue weighted by Crippen LogP contribution is -2.26. The quantitative estimate of drug-likeness (QED) is 0.531. The molecule has 108 valence electrons. The van der Waals surface area contributed by atoms with Crippen molar-refractivity contribution in [2.45, 2.75) is 64.9 Å². The van der Waals surface area contributed by atoms with E-state index < -0.39 is 9.05 Å². The zero-order valence-corrected chi connectivity index (χ0v) is 13.0. The molecule has 0 atom stereocenters. The first-order valence-corrected chi connectivity index (χ1v) is 9.30. The zero-order chi connectivity index (χ0) is 13.6. The Hall–Kier alpha value is 0.200. The summed E-state index contributed by atoms with van der Waals surface area (Å²) in [5.41, 5.74) is 0.481. The average Bonchev–Trinajstić information content (AvgIpc) is 2.23. The number of rotatable bonds is 7. The van der Waals surface area contributed by atoms with E-state index in [4.69, 9.17) is 15.4 Å². The number of hydrogen-bond donors (Lipinski definition) is 0. The van der Waals surface area contributed by atoms with Gasteiger partial charge in [-0.2, -0.15) is 0 Å². The fourth-order valence-electron chi connectivity index (χ4n) is 2.34. The molecular formula is C13H25ClO3S. The molecule has 1 aliphatic rings. The summed E-state index contributed by atoms with van der Waals surface area (Å²) in [5, 5.41) is 0. The van der Waals surface area contributed by atoms with Crippen LogP contribution in [0.4, 0.5) is 0 Å². The van der Waals surface area contributed by atoms with Crippen molar-refractivity contribution in [3.05, 3.63) is 0 Å². The summed E-state index contributed by atoms with van der Waals surface area (Å²) in [4.78, 5) is 0. The Balaban J connectivity index is 1.99. The van der Waals surface area contributed by atoms with Crippen LogP contribution in [0.2, 0.25) is 0 Å². The van der Waals surface area contributed by atoms with Crippen molar-refractivity contribution < 1.29 is 13.2 Å². The highest BCUT2D eigenvalue weighted by molar-refractivity contribution is 8.13. The molecule has 0 saturated heterocycles. The van der Waals surface area contributed by atoms with Gasteiger partial charge in [0.15, 0.2) is 0 Å². The predicted molar refractivity (Wildman–Crippen MR) is 75.5 cm³/mol. The first-order chi connectivity index (χ1) is 8.29. The van der Waals surface area contributed by atoms with Crippen molar-refractivity contribution in [3.8, 4) is 0 Å². The molecule has 1 fully saturated rings. The van der Waals surface area contributed by atoms with Crippen LogP contribution in [0.3, 0.4) is 0 Å². The molecular weight excluding hydrogens is 272 g/mol. The van der Waals surface area contributed by atoms with Gasteiger partial charge in [-0.05, 0) is 43.9 Å². The Morgan fingerprint density at radius 2 is 1.78 bits per heavy atom. The van der Waals surface area contributed by atoms with Crippen molar-refractivity contribution in [2.24, 2.45) is 5.41 Å². The highest BCUT2D eigenvalue weighted by atomic mass is 35.7. The number of hydrogen-bond acceptors (Lipinski definition) is 3. The third-order valence-electron chi connectivity index (χ3n) is 3.67. The maximum absolute atomic E-state index is 10.7. The Kier molecular flexibility index (Phi) is 6.42. The van der Waals surface area contributed by atoms with Gasteiger partial charge in [0.1, 0.15) is 0 Å². The fraction of sp³-hybridized carbons (Fsp3) is 1.00. The number of ether oxygens (including phenoxy) is 1. The molecule has 0 unspecified atom stereocenters. The lowest BCUT2D eigenvalue weighted by molar-refractivity contribution is 0.00286. The predicted octanol–water partition coefficient (Wildman–Crippen LogP) is 3.71. The third kappa shape index (κ3) is 7.59. The van der Waals surface area contributed by atoms with Gasteiger partial charge in [0, 0.05) is 17.3 Å². The number of halogens is 1. The molecule has 1 saturated carbocycles. The summed E-state index contributed by atoms with van der Waals surface area (Å²) < 4.78 is 27.2. The molecule has 0 aromatic heterocycles. The third-order valence-corrected chi connectivity index (χ3v) is 4.91. The molecule has 0 heterocycles. The second-order valence-corrected chi connectivity index (χ2v) is 8.93. The SMILES string of the molecule is CC1(C)CCC(OCCCCCS(=O)(=O)Cl)CC1. The van der Waals surface area contributed by atoms with Crippen LogP contribution in [0, 0.1) is 5.41 Å². The molecule has 0 N–H and O–H groups in total. The minimum absolute atomic E-state index is 0.0756. The van der Waals surface area contributed by atoms with E-state index in [1.807, 2.05) is 0 Å². The van der Waals surface area contributed by atoms with E-state index in [9.17, 15) is 8.42 Å². The summed E-state index contributed by atoms with van der Waals surface area (Å²) in [6, 6.07) is 0. The van der Waals surface area contributed by atoms with Crippen LogP contribution in [-0.4, -0.2) is 26.9 Å². The van der Waals surface area contributed by atoms with Gasteiger partial charge in [-0.3, -0.25) is 0 Å². The molecule has 0 spiro atoms. The summed E-state index contributed by atoms with van der Waals surface area (Å²) >= 11 is 0. The van der Waals surface area contributed by atoms with Gasteiger partial charge in [0.05, 0.1) is 11.9 Å². The molecule has 0 aromatic carbocycles. The van der Waals surface area contributed by atoms with Crippen molar-refractivity contribution in [2.75, 3.05) is 12.4 Å². The maximum Gasteiger partial charge on any atom is 0.232 e. The number of unbranched alkanes of at least 4 members (excludes halogenated alkanes) is 2. The van der Waals surface area contributed by atoms with E-state index in [0.29, 0.717) is 17.9 Å². The molecule has 18 heavy (non-hydrogen) atoms. The van der Waals surface area contributed by atoms with Crippen molar-refractivity contribution >= 4 is 19.7 Å². The summed E-state index contributed by atoms with van der Waals surface area (Å²) in [5.74, 6) is 0.0756. The van der Waals surface area contributed by atoms with Crippen LogP contribution in [0.15, 0.2) is 0 Å². The first-order valence-electron chi connectivity index (χ1n) is 6.82. The largest absolute Gasteiger partial charge is 0.378 e. The van der Waals surface area contributed by atoms with E-state index in [-0.39, 0.29) is 5.75 Å². The highest BCUT2D eigenvalue weighted by Crippen LogP contribution is 2.36. The monoisotopic (exact) mass is 296 g/mol. The Morgan fingerprint density at radius 3 is 2.33 bits per heavy atom. The van der Waals surface area contributed by atoms with Crippen molar-refractivity contribution in [1.29, 1.82) is 0 Å². The van der Waals surface area contributed by atoms with Gasteiger partial charge in [0.2, 0.25) is 9.05 Å². The fourth-order valence-corrected chi connectivity index (χ4v) is 3.22. The Bertz CT molecular complexity index is 328. The van der Waals surface area contributed by atoms with Crippen LogP contribution >= 0.6 is 10.7 Å². The normalized spacial score (nSPS) is 21.1. The van der Waals surface area contributed by atoms with E-state index in [2.05, 4.69) is 13.8 Å². The molecule has 0 aliphatic heterocycles. The lowest BCUT2D eigenvalue weighted by atomic mass is 9.76. The van der Waals surface area contributed by atoms with Crippen LogP contribution < -0.4 is 0 Å². The summed E-state index contributed by atoms with van der Waals surface area (Å²) in [6.07, 6.45) is 7.62. The standard InChI is InChI=1S/C13H25ClO3S/c1-13(2)8-6-12(7-9-13)17-10-4-3-5-11-18(14,15)16/h12H,3-11H2,1-2H3. The van der Waals surface area contributed by atoms with Gasteiger partial charge >= 0.3 is 0 Å². The van der Waals surface area contributed by atoms with Crippen LogP contribution in [-0.2, 0) is 13.8 Å². The first kappa shape index (κ1) is 16.3. The van der Waals surface area contributed by atoms with E-state index >= 15 is 0 Å². The second kappa shape index (κ2) is 7.11. The van der Waals surface area contributed by atoms with E-state index in [1.165, 1.54) is 12.8 Å². The minimum Gasteiger partial charge on any atom is -0.378 e. The highest BCUT2D eigenvalue weighted by Gasteiger charge is 2.26. The van der Waals surface area contributed by atoms with E-state index in [1.54, 1.807) is 0 Å². The van der Waals surface area contributed by atoms with Crippen LogP contribution in [0.25, 0.3) is 0 Å². The molecule has 0 aromatic rings. The van der Waals surface area contributed by atoms with E-state index in [0.717, 1.165) is 32.3 Å². The Morgan fingerprint density at radius 1 is 1.17 bits per heavy atom. The summed E-state index contributed by atoms with van der Waals surface area (Å²) in [7, 11) is 1.82. The zero-order valence-electron chi connectivity index (χ0n) is 11.5. The van der Waals surface area contributed by atoms with Gasteiger partial charge in [-0.1, -0.05) is 20.3 Å². The maximum atomic E-state index is 10.7. The molecule has 0 radical (unpaired) electrons.